The van der Waals surface area contributed by atoms with Crippen LogP contribution in [0.4, 0.5) is 0 Å². The maximum Gasteiger partial charge on any atom is 0.243 e. The second-order valence-electron chi connectivity index (χ2n) is 6.47. The van der Waals surface area contributed by atoms with Gasteiger partial charge in [-0.1, -0.05) is 35.9 Å². The number of morpholine rings is 1. The van der Waals surface area contributed by atoms with Crippen LogP contribution in [-0.4, -0.2) is 44.0 Å². The van der Waals surface area contributed by atoms with Gasteiger partial charge in [-0.3, -0.25) is 0 Å². The normalized spacial score (nSPS) is 15.6. The second-order valence-corrected chi connectivity index (χ2v) is 9.79. The van der Waals surface area contributed by atoms with E-state index >= 15 is 0 Å². The molecule has 146 valence electrons. The van der Waals surface area contributed by atoms with Gasteiger partial charge in [0.25, 0.3) is 0 Å². The van der Waals surface area contributed by atoms with Gasteiger partial charge in [-0.05, 0) is 29.8 Å². The lowest BCUT2D eigenvalue weighted by molar-refractivity contribution is 0.0730. The number of hydrogen-bond donors (Lipinski definition) is 0. The highest BCUT2D eigenvalue weighted by Crippen LogP contribution is 2.26. The highest BCUT2D eigenvalue weighted by molar-refractivity contribution is 7.89. The van der Waals surface area contributed by atoms with E-state index < -0.39 is 10.0 Å². The molecular weight excluding hydrogens is 416 g/mol. The summed E-state index contributed by atoms with van der Waals surface area (Å²) in [6.45, 7) is 1.66. The second kappa shape index (κ2) is 8.31. The molecular formula is C20H19ClN2O3S2. The molecule has 0 amide bonds. The van der Waals surface area contributed by atoms with Crippen LogP contribution in [0.25, 0.3) is 11.3 Å². The summed E-state index contributed by atoms with van der Waals surface area (Å²) in [5, 5.41) is 3.69. The van der Waals surface area contributed by atoms with E-state index in [0.717, 1.165) is 21.8 Å². The van der Waals surface area contributed by atoms with Gasteiger partial charge in [0.05, 0.1) is 28.8 Å². The van der Waals surface area contributed by atoms with E-state index in [1.54, 1.807) is 23.5 Å². The van der Waals surface area contributed by atoms with Crippen molar-refractivity contribution in [3.63, 3.8) is 0 Å². The third-order valence-electron chi connectivity index (χ3n) is 4.55. The minimum absolute atomic E-state index is 0.299. The average molecular weight is 435 g/mol. The van der Waals surface area contributed by atoms with Crippen LogP contribution in [0.2, 0.25) is 5.02 Å². The van der Waals surface area contributed by atoms with Gasteiger partial charge in [-0.25, -0.2) is 13.4 Å². The maximum absolute atomic E-state index is 12.7. The van der Waals surface area contributed by atoms with Crippen molar-refractivity contribution in [2.45, 2.75) is 11.3 Å². The number of benzene rings is 2. The molecule has 4 rings (SSSR count). The summed E-state index contributed by atoms with van der Waals surface area (Å²) in [5.41, 5.74) is 2.85. The molecule has 0 saturated carbocycles. The summed E-state index contributed by atoms with van der Waals surface area (Å²) in [5.74, 6) is 0. The lowest BCUT2D eigenvalue weighted by atomic mass is 10.1. The summed E-state index contributed by atoms with van der Waals surface area (Å²) in [6, 6.07) is 14.7. The molecule has 28 heavy (non-hydrogen) atoms. The topological polar surface area (TPSA) is 59.5 Å². The van der Waals surface area contributed by atoms with Crippen molar-refractivity contribution in [2.75, 3.05) is 26.3 Å². The van der Waals surface area contributed by atoms with Crippen molar-refractivity contribution in [3.05, 3.63) is 69.5 Å². The number of ether oxygens (including phenoxy) is 1. The molecule has 2 aromatic carbocycles. The Morgan fingerprint density at radius 3 is 2.57 bits per heavy atom. The number of nitrogens with zero attached hydrogens (tertiary/aromatic N) is 2. The van der Waals surface area contributed by atoms with Crippen LogP contribution < -0.4 is 0 Å². The van der Waals surface area contributed by atoms with Crippen molar-refractivity contribution < 1.29 is 13.2 Å². The molecule has 1 aliphatic rings. The van der Waals surface area contributed by atoms with Crippen molar-refractivity contribution in [3.8, 4) is 11.3 Å². The molecule has 1 fully saturated rings. The van der Waals surface area contributed by atoms with Gasteiger partial charge in [-0.2, -0.15) is 4.31 Å². The first-order valence-electron chi connectivity index (χ1n) is 8.89. The number of aromatic nitrogens is 1. The highest BCUT2D eigenvalue weighted by Gasteiger charge is 2.26. The fourth-order valence-corrected chi connectivity index (χ4v) is 5.54. The Morgan fingerprint density at radius 2 is 1.86 bits per heavy atom. The van der Waals surface area contributed by atoms with E-state index in [1.807, 2.05) is 41.8 Å². The van der Waals surface area contributed by atoms with Gasteiger partial charge in [0.1, 0.15) is 0 Å². The molecule has 2 heterocycles. The van der Waals surface area contributed by atoms with Crippen molar-refractivity contribution in [1.29, 1.82) is 0 Å². The Hall–Kier alpha value is -1.77. The van der Waals surface area contributed by atoms with Crippen LogP contribution in [0.3, 0.4) is 0 Å². The fourth-order valence-electron chi connectivity index (χ4n) is 3.08. The van der Waals surface area contributed by atoms with Crippen LogP contribution in [-0.2, 0) is 21.2 Å². The van der Waals surface area contributed by atoms with E-state index in [2.05, 4.69) is 4.98 Å². The monoisotopic (exact) mass is 434 g/mol. The third-order valence-corrected chi connectivity index (χ3v) is 7.55. The average Bonchev–Trinajstić information content (AvgIpc) is 3.17. The van der Waals surface area contributed by atoms with E-state index in [4.69, 9.17) is 16.3 Å². The summed E-state index contributed by atoms with van der Waals surface area (Å²) >= 11 is 7.63. The molecule has 1 saturated heterocycles. The lowest BCUT2D eigenvalue weighted by Crippen LogP contribution is -2.40. The first-order valence-corrected chi connectivity index (χ1v) is 11.6. The zero-order valence-corrected chi connectivity index (χ0v) is 17.4. The minimum Gasteiger partial charge on any atom is -0.379 e. The molecule has 0 radical (unpaired) electrons. The van der Waals surface area contributed by atoms with Gasteiger partial charge in [0, 0.05) is 35.5 Å². The van der Waals surface area contributed by atoms with Gasteiger partial charge in [0.15, 0.2) is 0 Å². The van der Waals surface area contributed by atoms with Crippen LogP contribution in [0.15, 0.2) is 58.8 Å². The lowest BCUT2D eigenvalue weighted by Gasteiger charge is -2.26. The number of rotatable bonds is 5. The molecule has 5 nitrogen and oxygen atoms in total. The predicted molar refractivity (Wildman–Crippen MR) is 111 cm³/mol. The number of hydrogen-bond acceptors (Lipinski definition) is 5. The van der Waals surface area contributed by atoms with Crippen molar-refractivity contribution in [2.24, 2.45) is 0 Å². The first-order chi connectivity index (χ1) is 13.5. The Morgan fingerprint density at radius 1 is 1.11 bits per heavy atom. The van der Waals surface area contributed by atoms with Gasteiger partial charge in [0.2, 0.25) is 10.0 Å². The quantitative estimate of drug-likeness (QED) is 0.607. The van der Waals surface area contributed by atoms with Crippen LogP contribution in [0, 0.1) is 0 Å². The number of halogens is 1. The Balaban J connectivity index is 1.50. The molecule has 0 atom stereocenters. The highest BCUT2D eigenvalue weighted by atomic mass is 35.5. The van der Waals surface area contributed by atoms with Gasteiger partial charge >= 0.3 is 0 Å². The Bertz CT molecular complexity index is 1060. The first kappa shape index (κ1) is 19.5. The van der Waals surface area contributed by atoms with Crippen LogP contribution >= 0.6 is 22.9 Å². The zero-order chi connectivity index (χ0) is 19.6. The number of sulfonamides is 1. The van der Waals surface area contributed by atoms with Crippen LogP contribution in [0.1, 0.15) is 10.6 Å². The fraction of sp³-hybridized carbons (Fsp3) is 0.250. The molecule has 0 spiro atoms. The summed E-state index contributed by atoms with van der Waals surface area (Å²) in [4.78, 5) is 4.98. The molecule has 0 N–H and O–H groups in total. The third kappa shape index (κ3) is 4.29. The molecule has 0 unspecified atom stereocenters. The summed E-state index contributed by atoms with van der Waals surface area (Å²) < 4.78 is 32.1. The van der Waals surface area contributed by atoms with Crippen LogP contribution in [0.5, 0.6) is 0 Å². The summed E-state index contributed by atoms with van der Waals surface area (Å²) in [7, 11) is -3.48. The minimum atomic E-state index is -3.48. The molecule has 0 aliphatic carbocycles. The van der Waals surface area contributed by atoms with E-state index in [-0.39, 0.29) is 0 Å². The number of thiazole rings is 1. The zero-order valence-electron chi connectivity index (χ0n) is 15.0. The van der Waals surface area contributed by atoms with E-state index in [0.29, 0.717) is 42.6 Å². The van der Waals surface area contributed by atoms with Crippen molar-refractivity contribution >= 4 is 33.0 Å². The van der Waals surface area contributed by atoms with Gasteiger partial charge < -0.3 is 4.74 Å². The molecule has 1 aliphatic heterocycles. The van der Waals surface area contributed by atoms with E-state index in [9.17, 15) is 8.42 Å². The largest absolute Gasteiger partial charge is 0.379 e. The molecule has 3 aromatic rings. The Labute approximate surface area is 173 Å². The van der Waals surface area contributed by atoms with Crippen molar-refractivity contribution in [1.82, 2.24) is 9.29 Å². The predicted octanol–water partition coefficient (Wildman–Crippen LogP) is 4.08. The molecule has 1 aromatic heterocycles. The smallest absolute Gasteiger partial charge is 0.243 e. The molecule has 0 bridgehead atoms. The van der Waals surface area contributed by atoms with E-state index in [1.165, 1.54) is 4.31 Å². The van der Waals surface area contributed by atoms with Gasteiger partial charge in [-0.15, -0.1) is 11.3 Å². The SMILES string of the molecule is O=S(=O)(c1ccc(-c2csc(Cc3cccc(Cl)c3)n2)cc1)N1CCOCC1. The summed E-state index contributed by atoms with van der Waals surface area (Å²) in [6.07, 6.45) is 0.717. The standard InChI is InChI=1S/C20H19ClN2O3S2/c21-17-3-1-2-15(12-17)13-20-22-19(14-27-20)16-4-6-18(7-5-16)28(24,25)23-8-10-26-11-9-23/h1-7,12,14H,8-11,13H2. The maximum atomic E-state index is 12.7. The Kier molecular flexibility index (Phi) is 5.80. The molecule has 8 heteroatoms.